The lowest BCUT2D eigenvalue weighted by Gasteiger charge is -2.35. The fourth-order valence-electron chi connectivity index (χ4n) is 2.13. The lowest BCUT2D eigenvalue weighted by Crippen LogP contribution is -2.44. The maximum Gasteiger partial charge on any atom is 0.0953 e. The highest BCUT2D eigenvalue weighted by Gasteiger charge is 2.34. The van der Waals surface area contributed by atoms with Crippen molar-refractivity contribution in [1.29, 1.82) is 0 Å². The standard InChI is InChI=1S/C10H17N3O/c1-8-5-10(14,3-4-11-8)9-6-12-13(2)7-9/h6-8,11,14H,3-5H2,1-2H3. The summed E-state index contributed by atoms with van der Waals surface area (Å²) >= 11 is 0. The van der Waals surface area contributed by atoms with Crippen LogP contribution in [0.2, 0.25) is 0 Å². The number of rotatable bonds is 1. The second kappa shape index (κ2) is 3.37. The van der Waals surface area contributed by atoms with Gasteiger partial charge in [-0.05, 0) is 26.3 Å². The average molecular weight is 195 g/mol. The molecule has 2 heterocycles. The van der Waals surface area contributed by atoms with Crippen LogP contribution in [-0.4, -0.2) is 27.5 Å². The molecule has 0 radical (unpaired) electrons. The van der Waals surface area contributed by atoms with E-state index in [9.17, 15) is 5.11 Å². The van der Waals surface area contributed by atoms with Gasteiger partial charge in [0.1, 0.15) is 0 Å². The first kappa shape index (κ1) is 9.68. The highest BCUT2D eigenvalue weighted by molar-refractivity contribution is 5.16. The van der Waals surface area contributed by atoms with Gasteiger partial charge >= 0.3 is 0 Å². The van der Waals surface area contributed by atoms with Gasteiger partial charge in [0.25, 0.3) is 0 Å². The topological polar surface area (TPSA) is 50.1 Å². The van der Waals surface area contributed by atoms with E-state index < -0.39 is 5.60 Å². The smallest absolute Gasteiger partial charge is 0.0953 e. The Morgan fingerprint density at radius 2 is 2.50 bits per heavy atom. The van der Waals surface area contributed by atoms with Crippen LogP contribution in [0.3, 0.4) is 0 Å². The minimum atomic E-state index is -0.682. The predicted octanol–water partition coefficient (Wildman–Crippen LogP) is 0.380. The molecule has 4 nitrogen and oxygen atoms in total. The van der Waals surface area contributed by atoms with Gasteiger partial charge in [-0.1, -0.05) is 0 Å². The summed E-state index contributed by atoms with van der Waals surface area (Å²) < 4.78 is 1.74. The van der Waals surface area contributed by atoms with Crippen LogP contribution in [0.4, 0.5) is 0 Å². The lowest BCUT2D eigenvalue weighted by molar-refractivity contribution is -0.00652. The fourth-order valence-corrected chi connectivity index (χ4v) is 2.13. The van der Waals surface area contributed by atoms with Gasteiger partial charge in [0, 0.05) is 24.8 Å². The molecule has 14 heavy (non-hydrogen) atoms. The molecule has 2 unspecified atom stereocenters. The van der Waals surface area contributed by atoms with Crippen LogP contribution in [0.25, 0.3) is 0 Å². The number of aliphatic hydroxyl groups is 1. The lowest BCUT2D eigenvalue weighted by atomic mass is 9.84. The Kier molecular flexibility index (Phi) is 2.33. The number of nitrogens with one attached hydrogen (secondary N) is 1. The summed E-state index contributed by atoms with van der Waals surface area (Å²) in [6.45, 7) is 2.97. The molecule has 78 valence electrons. The Balaban J connectivity index is 2.22. The van der Waals surface area contributed by atoms with E-state index in [0.717, 1.165) is 24.9 Å². The van der Waals surface area contributed by atoms with Gasteiger partial charge in [-0.3, -0.25) is 4.68 Å². The van der Waals surface area contributed by atoms with E-state index >= 15 is 0 Å². The summed E-state index contributed by atoms with van der Waals surface area (Å²) in [5.74, 6) is 0. The molecule has 2 N–H and O–H groups in total. The second-order valence-electron chi connectivity index (χ2n) is 4.24. The van der Waals surface area contributed by atoms with E-state index in [4.69, 9.17) is 0 Å². The van der Waals surface area contributed by atoms with Crippen LogP contribution in [0.5, 0.6) is 0 Å². The zero-order valence-corrected chi connectivity index (χ0v) is 8.70. The first-order valence-electron chi connectivity index (χ1n) is 5.05. The van der Waals surface area contributed by atoms with E-state index in [1.807, 2.05) is 13.2 Å². The molecule has 0 amide bonds. The van der Waals surface area contributed by atoms with Crippen LogP contribution >= 0.6 is 0 Å². The van der Waals surface area contributed by atoms with Crippen molar-refractivity contribution < 1.29 is 5.11 Å². The average Bonchev–Trinajstić information content (AvgIpc) is 2.52. The SMILES string of the molecule is CC1CC(O)(c2cnn(C)c2)CCN1. The van der Waals surface area contributed by atoms with Crippen molar-refractivity contribution in [2.45, 2.75) is 31.4 Å². The van der Waals surface area contributed by atoms with Crippen LogP contribution in [-0.2, 0) is 12.6 Å². The summed E-state index contributed by atoms with van der Waals surface area (Å²) in [4.78, 5) is 0. The van der Waals surface area contributed by atoms with Gasteiger partial charge in [0.15, 0.2) is 0 Å². The number of hydrogen-bond acceptors (Lipinski definition) is 3. The molecule has 2 rings (SSSR count). The van der Waals surface area contributed by atoms with Crippen molar-refractivity contribution in [2.75, 3.05) is 6.54 Å². The highest BCUT2D eigenvalue weighted by atomic mass is 16.3. The molecule has 1 fully saturated rings. The summed E-state index contributed by atoms with van der Waals surface area (Å²) in [6, 6.07) is 0.369. The maximum atomic E-state index is 10.4. The third kappa shape index (κ3) is 1.67. The molecule has 1 aliphatic rings. The molecule has 1 aromatic rings. The molecule has 0 aliphatic carbocycles. The number of aromatic nitrogens is 2. The number of piperidine rings is 1. The Morgan fingerprint density at radius 3 is 3.07 bits per heavy atom. The first-order valence-corrected chi connectivity index (χ1v) is 5.05. The minimum absolute atomic E-state index is 0.369. The van der Waals surface area contributed by atoms with E-state index in [2.05, 4.69) is 17.3 Å². The van der Waals surface area contributed by atoms with Crippen molar-refractivity contribution >= 4 is 0 Å². The fraction of sp³-hybridized carbons (Fsp3) is 0.700. The summed E-state index contributed by atoms with van der Waals surface area (Å²) in [5.41, 5.74) is 0.257. The van der Waals surface area contributed by atoms with Crippen molar-refractivity contribution in [3.05, 3.63) is 18.0 Å². The Labute approximate surface area is 83.9 Å². The van der Waals surface area contributed by atoms with E-state index in [1.54, 1.807) is 10.9 Å². The monoisotopic (exact) mass is 195 g/mol. The van der Waals surface area contributed by atoms with Gasteiger partial charge in [-0.2, -0.15) is 5.10 Å². The highest BCUT2D eigenvalue weighted by Crippen LogP contribution is 2.31. The van der Waals surface area contributed by atoms with Crippen LogP contribution in [0.1, 0.15) is 25.3 Å². The molecule has 4 heteroatoms. The van der Waals surface area contributed by atoms with Crippen LogP contribution in [0, 0.1) is 0 Å². The van der Waals surface area contributed by atoms with E-state index in [-0.39, 0.29) is 0 Å². The van der Waals surface area contributed by atoms with Crippen LogP contribution in [0.15, 0.2) is 12.4 Å². The maximum absolute atomic E-state index is 10.4. The summed E-state index contributed by atoms with van der Waals surface area (Å²) in [6.07, 6.45) is 5.19. The minimum Gasteiger partial charge on any atom is -0.385 e. The quantitative estimate of drug-likeness (QED) is 0.681. The predicted molar refractivity (Wildman–Crippen MR) is 53.8 cm³/mol. The Hall–Kier alpha value is -0.870. The normalized spacial score (nSPS) is 33.2. The zero-order valence-electron chi connectivity index (χ0n) is 8.70. The molecular formula is C10H17N3O. The second-order valence-corrected chi connectivity index (χ2v) is 4.24. The molecule has 1 aliphatic heterocycles. The zero-order chi connectivity index (χ0) is 10.2. The van der Waals surface area contributed by atoms with Crippen LogP contribution < -0.4 is 5.32 Å². The molecule has 1 aromatic heterocycles. The third-order valence-electron chi connectivity index (χ3n) is 2.92. The van der Waals surface area contributed by atoms with Gasteiger partial charge in [-0.15, -0.1) is 0 Å². The largest absolute Gasteiger partial charge is 0.385 e. The molecule has 2 atom stereocenters. The van der Waals surface area contributed by atoms with Gasteiger partial charge < -0.3 is 10.4 Å². The molecule has 0 spiro atoms. The third-order valence-corrected chi connectivity index (χ3v) is 2.92. The summed E-state index contributed by atoms with van der Waals surface area (Å²) in [5, 5.41) is 17.9. The van der Waals surface area contributed by atoms with Crippen molar-refractivity contribution in [2.24, 2.45) is 7.05 Å². The van der Waals surface area contributed by atoms with Crippen molar-refractivity contribution in [1.82, 2.24) is 15.1 Å². The van der Waals surface area contributed by atoms with Gasteiger partial charge in [0.2, 0.25) is 0 Å². The Morgan fingerprint density at radius 1 is 1.71 bits per heavy atom. The summed E-state index contributed by atoms with van der Waals surface area (Å²) in [7, 11) is 1.87. The molecular weight excluding hydrogens is 178 g/mol. The molecule has 0 bridgehead atoms. The van der Waals surface area contributed by atoms with Crippen molar-refractivity contribution in [3.63, 3.8) is 0 Å². The molecule has 1 saturated heterocycles. The van der Waals surface area contributed by atoms with E-state index in [0.29, 0.717) is 6.04 Å². The molecule has 0 saturated carbocycles. The van der Waals surface area contributed by atoms with E-state index in [1.165, 1.54) is 0 Å². The van der Waals surface area contributed by atoms with Gasteiger partial charge in [-0.25, -0.2) is 0 Å². The van der Waals surface area contributed by atoms with Crippen molar-refractivity contribution in [3.8, 4) is 0 Å². The number of hydrogen-bond donors (Lipinski definition) is 2. The van der Waals surface area contributed by atoms with Gasteiger partial charge in [0.05, 0.1) is 11.8 Å². The number of nitrogens with zero attached hydrogens (tertiary/aromatic N) is 2. The molecule has 0 aromatic carbocycles. The Bertz CT molecular complexity index is 323. The number of aryl methyl sites for hydroxylation is 1. The first-order chi connectivity index (χ1) is 6.60.